The van der Waals surface area contributed by atoms with Crippen LogP contribution in [0.4, 0.5) is 0 Å². The molecule has 0 amide bonds. The Balaban J connectivity index is 1.70. The summed E-state index contributed by atoms with van der Waals surface area (Å²) in [6, 6.07) is 9.91. The van der Waals surface area contributed by atoms with Crippen molar-refractivity contribution in [2.45, 2.75) is 37.3 Å². The van der Waals surface area contributed by atoms with E-state index in [0.29, 0.717) is 5.56 Å². The van der Waals surface area contributed by atoms with Crippen LogP contribution in [0.25, 0.3) is 0 Å². The van der Waals surface area contributed by atoms with E-state index in [-0.39, 0.29) is 11.6 Å². The van der Waals surface area contributed by atoms with Crippen molar-refractivity contribution < 1.29 is 4.74 Å². The van der Waals surface area contributed by atoms with Crippen LogP contribution < -0.4 is 5.32 Å². The number of nitrogens with zero attached hydrogens (tertiary/aromatic N) is 1. The lowest BCUT2D eigenvalue weighted by Gasteiger charge is -2.38. The van der Waals surface area contributed by atoms with E-state index in [9.17, 15) is 0 Å². The first kappa shape index (κ1) is 11.7. The van der Waals surface area contributed by atoms with E-state index in [4.69, 9.17) is 10.00 Å². The fourth-order valence-electron chi connectivity index (χ4n) is 3.07. The second kappa shape index (κ2) is 4.72. The van der Waals surface area contributed by atoms with Crippen molar-refractivity contribution in [1.29, 1.82) is 5.26 Å². The topological polar surface area (TPSA) is 45.0 Å². The molecule has 18 heavy (non-hydrogen) atoms. The largest absolute Gasteiger partial charge is 0.370 e. The lowest BCUT2D eigenvalue weighted by Crippen LogP contribution is -2.53. The number of hydrogen-bond acceptors (Lipinski definition) is 3. The summed E-state index contributed by atoms with van der Waals surface area (Å²) in [4.78, 5) is 0. The third-order valence-corrected chi connectivity index (χ3v) is 4.17. The average Bonchev–Trinajstić information content (AvgIpc) is 2.88. The Kier molecular flexibility index (Phi) is 3.07. The molecule has 2 aliphatic rings. The van der Waals surface area contributed by atoms with Crippen LogP contribution in [-0.4, -0.2) is 18.7 Å². The lowest BCUT2D eigenvalue weighted by atomic mass is 9.95. The molecule has 2 fully saturated rings. The molecule has 3 rings (SSSR count). The third-order valence-electron chi connectivity index (χ3n) is 4.17. The van der Waals surface area contributed by atoms with Crippen LogP contribution in [0, 0.1) is 11.3 Å². The van der Waals surface area contributed by atoms with Gasteiger partial charge in [0.05, 0.1) is 24.3 Å². The molecular formula is C15H18N2O. The molecule has 1 aromatic rings. The van der Waals surface area contributed by atoms with Crippen molar-refractivity contribution in [3.05, 3.63) is 35.4 Å². The molecule has 1 saturated heterocycles. The van der Waals surface area contributed by atoms with E-state index < -0.39 is 0 Å². The minimum absolute atomic E-state index is 0.0875. The summed E-state index contributed by atoms with van der Waals surface area (Å²) < 4.78 is 6.03. The molecule has 1 unspecified atom stereocenters. The smallest absolute Gasteiger partial charge is 0.0991 e. The maximum absolute atomic E-state index is 8.92. The van der Waals surface area contributed by atoms with Crippen LogP contribution in [-0.2, 0) is 4.74 Å². The average molecular weight is 242 g/mol. The van der Waals surface area contributed by atoms with Crippen molar-refractivity contribution in [3.8, 4) is 6.07 Å². The molecule has 94 valence electrons. The van der Waals surface area contributed by atoms with Gasteiger partial charge in [0, 0.05) is 12.1 Å². The van der Waals surface area contributed by atoms with Crippen LogP contribution >= 0.6 is 0 Å². The fraction of sp³-hybridized carbons (Fsp3) is 0.533. The van der Waals surface area contributed by atoms with Crippen LogP contribution in [0.3, 0.4) is 0 Å². The molecule has 1 spiro atoms. The molecule has 0 radical (unpaired) electrons. The van der Waals surface area contributed by atoms with Gasteiger partial charge >= 0.3 is 0 Å². The standard InChI is InChI=1S/C15H18N2O/c16-9-12-4-3-5-13(8-12)14-10-17-15(11-18-14)6-1-2-7-15/h3-5,8,14,17H,1-2,6-7,10-11H2. The Hall–Kier alpha value is -1.37. The highest BCUT2D eigenvalue weighted by atomic mass is 16.5. The Morgan fingerprint density at radius 3 is 2.83 bits per heavy atom. The number of nitriles is 1. The summed E-state index contributed by atoms with van der Waals surface area (Å²) in [5, 5.41) is 12.6. The van der Waals surface area contributed by atoms with Crippen molar-refractivity contribution in [2.75, 3.05) is 13.2 Å². The van der Waals surface area contributed by atoms with Gasteiger partial charge in [0.1, 0.15) is 0 Å². The van der Waals surface area contributed by atoms with Crippen LogP contribution in [0.15, 0.2) is 24.3 Å². The second-order valence-corrected chi connectivity index (χ2v) is 5.41. The number of hydrogen-bond donors (Lipinski definition) is 1. The van der Waals surface area contributed by atoms with Crippen LogP contribution in [0.2, 0.25) is 0 Å². The third kappa shape index (κ3) is 2.14. The normalized spacial score (nSPS) is 26.1. The highest BCUT2D eigenvalue weighted by molar-refractivity contribution is 5.34. The maximum Gasteiger partial charge on any atom is 0.0991 e. The fourth-order valence-corrected chi connectivity index (χ4v) is 3.07. The number of ether oxygens (including phenoxy) is 1. The first-order valence-electron chi connectivity index (χ1n) is 6.68. The Labute approximate surface area is 108 Å². The van der Waals surface area contributed by atoms with Gasteiger partial charge in [0.2, 0.25) is 0 Å². The van der Waals surface area contributed by atoms with Gasteiger partial charge < -0.3 is 10.1 Å². The predicted octanol–water partition coefficient (Wildman–Crippen LogP) is 2.53. The van der Waals surface area contributed by atoms with Gasteiger partial charge in [-0.05, 0) is 30.5 Å². The molecule has 1 aliphatic heterocycles. The molecule has 0 aromatic heterocycles. The summed E-state index contributed by atoms with van der Waals surface area (Å²) in [5.74, 6) is 0. The van der Waals surface area contributed by atoms with E-state index in [2.05, 4.69) is 11.4 Å². The Morgan fingerprint density at radius 2 is 2.17 bits per heavy atom. The highest BCUT2D eigenvalue weighted by Crippen LogP contribution is 2.35. The summed E-state index contributed by atoms with van der Waals surface area (Å²) in [6.45, 7) is 1.66. The minimum Gasteiger partial charge on any atom is -0.370 e. The molecule has 1 aromatic carbocycles. The van der Waals surface area contributed by atoms with Crippen molar-refractivity contribution in [1.82, 2.24) is 5.32 Å². The molecule has 0 bridgehead atoms. The van der Waals surface area contributed by atoms with Gasteiger partial charge in [-0.25, -0.2) is 0 Å². The van der Waals surface area contributed by atoms with Gasteiger partial charge in [-0.2, -0.15) is 5.26 Å². The van der Waals surface area contributed by atoms with Gasteiger partial charge in [-0.15, -0.1) is 0 Å². The number of nitrogens with one attached hydrogen (secondary N) is 1. The molecule has 1 aliphatic carbocycles. The molecule has 1 heterocycles. The van der Waals surface area contributed by atoms with Crippen molar-refractivity contribution in [2.24, 2.45) is 0 Å². The second-order valence-electron chi connectivity index (χ2n) is 5.41. The minimum atomic E-state index is 0.0875. The van der Waals surface area contributed by atoms with E-state index in [1.54, 1.807) is 0 Å². The summed E-state index contributed by atoms with van der Waals surface area (Å²) in [7, 11) is 0. The summed E-state index contributed by atoms with van der Waals surface area (Å²) >= 11 is 0. The highest BCUT2D eigenvalue weighted by Gasteiger charge is 2.38. The molecule has 1 atom stereocenters. The number of rotatable bonds is 1. The van der Waals surface area contributed by atoms with E-state index >= 15 is 0 Å². The van der Waals surface area contributed by atoms with E-state index in [1.807, 2.05) is 24.3 Å². The van der Waals surface area contributed by atoms with Gasteiger partial charge in [0.25, 0.3) is 0 Å². The number of benzene rings is 1. The number of morpholine rings is 1. The first-order valence-corrected chi connectivity index (χ1v) is 6.68. The van der Waals surface area contributed by atoms with Crippen LogP contribution in [0.1, 0.15) is 42.9 Å². The zero-order valence-corrected chi connectivity index (χ0v) is 10.5. The van der Waals surface area contributed by atoms with Gasteiger partial charge in [-0.1, -0.05) is 25.0 Å². The SMILES string of the molecule is N#Cc1cccc(C2CNC3(CCCC3)CO2)c1. The Bertz CT molecular complexity index is 462. The quantitative estimate of drug-likeness (QED) is 0.823. The summed E-state index contributed by atoms with van der Waals surface area (Å²) in [6.07, 6.45) is 5.18. The zero-order valence-electron chi connectivity index (χ0n) is 10.5. The molecule has 3 heteroatoms. The molecular weight excluding hydrogens is 224 g/mol. The van der Waals surface area contributed by atoms with Crippen molar-refractivity contribution >= 4 is 0 Å². The molecule has 1 saturated carbocycles. The van der Waals surface area contributed by atoms with Gasteiger partial charge in [-0.3, -0.25) is 0 Å². The Morgan fingerprint density at radius 1 is 1.33 bits per heavy atom. The van der Waals surface area contributed by atoms with E-state index in [0.717, 1.165) is 18.7 Å². The van der Waals surface area contributed by atoms with E-state index in [1.165, 1.54) is 25.7 Å². The zero-order chi connectivity index (χ0) is 12.4. The summed E-state index contributed by atoms with van der Waals surface area (Å²) in [5.41, 5.74) is 2.05. The maximum atomic E-state index is 8.92. The monoisotopic (exact) mass is 242 g/mol. The van der Waals surface area contributed by atoms with Gasteiger partial charge in [0.15, 0.2) is 0 Å². The molecule has 3 nitrogen and oxygen atoms in total. The van der Waals surface area contributed by atoms with Crippen LogP contribution in [0.5, 0.6) is 0 Å². The predicted molar refractivity (Wildman–Crippen MR) is 69.1 cm³/mol. The molecule has 1 N–H and O–H groups in total. The first-order chi connectivity index (χ1) is 8.81. The lowest BCUT2D eigenvalue weighted by molar-refractivity contribution is -0.0326. The van der Waals surface area contributed by atoms with Crippen molar-refractivity contribution in [3.63, 3.8) is 0 Å².